The highest BCUT2D eigenvalue weighted by molar-refractivity contribution is 7.80. The molecular weight excluding hydrogens is 470 g/mol. The predicted molar refractivity (Wildman–Crippen MR) is 137 cm³/mol. The van der Waals surface area contributed by atoms with Gasteiger partial charge in [0.25, 0.3) is 5.91 Å². The lowest BCUT2D eigenvalue weighted by Crippen LogP contribution is -2.37. The zero-order valence-electron chi connectivity index (χ0n) is 18.6. The van der Waals surface area contributed by atoms with Crippen LogP contribution in [0.25, 0.3) is 0 Å². The second kappa shape index (κ2) is 10.7. The molecule has 6 nitrogen and oxygen atoms in total. The van der Waals surface area contributed by atoms with Crippen molar-refractivity contribution < 1.29 is 14.3 Å². The molecular formula is C26H24ClN3O3S. The molecule has 1 atom stereocenters. The Labute approximate surface area is 209 Å². The number of hydrogen-bond donors (Lipinski definition) is 1. The molecule has 4 rings (SSSR count). The van der Waals surface area contributed by atoms with Crippen molar-refractivity contribution in [2.24, 2.45) is 0 Å². The number of benzene rings is 3. The lowest BCUT2D eigenvalue weighted by Gasteiger charge is -2.24. The second-order valence-corrected chi connectivity index (χ2v) is 8.75. The smallest absolute Gasteiger partial charge is 0.252 e. The molecule has 3 aromatic rings. The normalized spacial score (nSPS) is 15.5. The SMILES string of the molecule is COc1ccc(NC(=O)C[C@H]2C(=O)N(Cc3ccccc3)C(=S)N2Cc2ccc(Cl)cc2)cc1. The molecule has 0 aliphatic carbocycles. The highest BCUT2D eigenvalue weighted by Gasteiger charge is 2.43. The van der Waals surface area contributed by atoms with E-state index in [1.54, 1.807) is 48.4 Å². The van der Waals surface area contributed by atoms with Crippen LogP contribution in [0.3, 0.4) is 0 Å². The van der Waals surface area contributed by atoms with Crippen molar-refractivity contribution in [1.29, 1.82) is 0 Å². The number of nitrogens with zero attached hydrogens (tertiary/aromatic N) is 2. The van der Waals surface area contributed by atoms with Crippen molar-refractivity contribution in [3.05, 3.63) is 95.0 Å². The minimum atomic E-state index is -0.704. The number of anilines is 1. The summed E-state index contributed by atoms with van der Waals surface area (Å²) in [4.78, 5) is 29.7. The minimum absolute atomic E-state index is 0.0239. The number of amides is 2. The van der Waals surface area contributed by atoms with Crippen molar-refractivity contribution in [3.63, 3.8) is 0 Å². The predicted octanol–water partition coefficient (Wildman–Crippen LogP) is 4.88. The summed E-state index contributed by atoms with van der Waals surface area (Å²) >= 11 is 11.7. The number of rotatable bonds is 8. The largest absolute Gasteiger partial charge is 0.497 e. The van der Waals surface area contributed by atoms with Gasteiger partial charge in [0.2, 0.25) is 5.91 Å². The van der Waals surface area contributed by atoms with Gasteiger partial charge in [0.05, 0.1) is 20.1 Å². The first-order chi connectivity index (χ1) is 16.4. The van der Waals surface area contributed by atoms with E-state index in [0.29, 0.717) is 34.7 Å². The van der Waals surface area contributed by atoms with E-state index < -0.39 is 6.04 Å². The summed E-state index contributed by atoms with van der Waals surface area (Å²) in [5.74, 6) is 0.238. The molecule has 1 aliphatic rings. The summed E-state index contributed by atoms with van der Waals surface area (Å²) in [6.45, 7) is 0.750. The summed E-state index contributed by atoms with van der Waals surface area (Å²) in [5, 5.41) is 3.90. The summed E-state index contributed by atoms with van der Waals surface area (Å²) < 4.78 is 5.15. The fraction of sp³-hybridized carbons (Fsp3) is 0.192. The first kappa shape index (κ1) is 23.7. The van der Waals surface area contributed by atoms with Crippen LogP contribution in [0.1, 0.15) is 17.5 Å². The van der Waals surface area contributed by atoms with E-state index in [1.807, 2.05) is 47.4 Å². The van der Waals surface area contributed by atoms with Crippen LogP contribution in [-0.2, 0) is 22.7 Å². The van der Waals surface area contributed by atoms with Crippen molar-refractivity contribution in [3.8, 4) is 5.75 Å². The summed E-state index contributed by atoms with van der Waals surface area (Å²) in [5.41, 5.74) is 2.54. The summed E-state index contributed by atoms with van der Waals surface area (Å²) in [7, 11) is 1.58. The molecule has 0 radical (unpaired) electrons. The van der Waals surface area contributed by atoms with Crippen LogP contribution in [0.4, 0.5) is 5.69 Å². The zero-order chi connectivity index (χ0) is 24.1. The van der Waals surface area contributed by atoms with E-state index in [1.165, 1.54) is 0 Å². The third kappa shape index (κ3) is 5.55. The topological polar surface area (TPSA) is 61.9 Å². The number of nitrogens with one attached hydrogen (secondary N) is 1. The van der Waals surface area contributed by atoms with Crippen LogP contribution >= 0.6 is 23.8 Å². The van der Waals surface area contributed by atoms with Crippen molar-refractivity contribution >= 4 is 46.4 Å². The number of methoxy groups -OCH3 is 1. The van der Waals surface area contributed by atoms with E-state index in [2.05, 4.69) is 5.32 Å². The van der Waals surface area contributed by atoms with Gasteiger partial charge in [-0.2, -0.15) is 0 Å². The molecule has 0 unspecified atom stereocenters. The average Bonchev–Trinajstić information content (AvgIpc) is 3.05. The maximum Gasteiger partial charge on any atom is 0.252 e. The highest BCUT2D eigenvalue weighted by Crippen LogP contribution is 2.26. The van der Waals surface area contributed by atoms with Crippen LogP contribution in [0.5, 0.6) is 5.75 Å². The molecule has 174 valence electrons. The first-order valence-electron chi connectivity index (χ1n) is 10.8. The Kier molecular flexibility index (Phi) is 7.45. The molecule has 1 N–H and O–H groups in total. The van der Waals surface area contributed by atoms with Gasteiger partial charge in [-0.05, 0) is 59.7 Å². The quantitative estimate of drug-likeness (QED) is 0.453. The van der Waals surface area contributed by atoms with Gasteiger partial charge in [-0.1, -0.05) is 54.1 Å². The van der Waals surface area contributed by atoms with Crippen molar-refractivity contribution in [2.45, 2.75) is 25.6 Å². The van der Waals surface area contributed by atoms with Crippen LogP contribution in [-0.4, -0.2) is 39.9 Å². The van der Waals surface area contributed by atoms with Crippen molar-refractivity contribution in [2.75, 3.05) is 12.4 Å². The summed E-state index contributed by atoms with van der Waals surface area (Å²) in [6, 6.07) is 23.4. The molecule has 1 heterocycles. The number of ether oxygens (including phenoxy) is 1. The Bertz CT molecular complexity index is 1170. The molecule has 34 heavy (non-hydrogen) atoms. The Morgan fingerprint density at radius 1 is 0.971 bits per heavy atom. The van der Waals surface area contributed by atoms with Gasteiger partial charge in [0, 0.05) is 17.3 Å². The van der Waals surface area contributed by atoms with Gasteiger partial charge >= 0.3 is 0 Å². The van der Waals surface area contributed by atoms with Crippen molar-refractivity contribution in [1.82, 2.24) is 9.80 Å². The Hall–Kier alpha value is -3.42. The number of carbonyl (C=O) groups excluding carboxylic acids is 2. The van der Waals surface area contributed by atoms with Crippen LogP contribution in [0.15, 0.2) is 78.9 Å². The lowest BCUT2D eigenvalue weighted by molar-refractivity contribution is -0.131. The monoisotopic (exact) mass is 493 g/mol. The molecule has 1 aliphatic heterocycles. The van der Waals surface area contributed by atoms with Crippen LogP contribution in [0.2, 0.25) is 5.02 Å². The number of halogens is 1. The van der Waals surface area contributed by atoms with Gasteiger partial charge in [0.15, 0.2) is 5.11 Å². The first-order valence-corrected chi connectivity index (χ1v) is 11.6. The number of carbonyl (C=O) groups is 2. The van der Waals surface area contributed by atoms with E-state index in [-0.39, 0.29) is 18.2 Å². The second-order valence-electron chi connectivity index (χ2n) is 7.94. The highest BCUT2D eigenvalue weighted by atomic mass is 35.5. The standard InChI is InChI=1S/C26H24ClN3O3S/c1-33-22-13-11-21(12-14-22)28-24(31)15-23-25(32)30(17-18-5-3-2-4-6-18)26(34)29(23)16-19-7-9-20(27)10-8-19/h2-14,23H,15-17H2,1H3,(H,28,31)/t23-/m0/s1. The molecule has 0 aromatic heterocycles. The van der Waals surface area contributed by atoms with E-state index in [9.17, 15) is 9.59 Å². The maximum atomic E-state index is 13.4. The summed E-state index contributed by atoms with van der Waals surface area (Å²) in [6.07, 6.45) is -0.0239. The van der Waals surface area contributed by atoms with Crippen LogP contribution in [0, 0.1) is 0 Å². The van der Waals surface area contributed by atoms with Crippen LogP contribution < -0.4 is 10.1 Å². The number of hydrogen-bond acceptors (Lipinski definition) is 4. The van der Waals surface area contributed by atoms with E-state index in [0.717, 1.165) is 11.1 Å². The Morgan fingerprint density at radius 3 is 2.26 bits per heavy atom. The maximum absolute atomic E-state index is 13.4. The van der Waals surface area contributed by atoms with Gasteiger partial charge in [0.1, 0.15) is 11.8 Å². The molecule has 8 heteroatoms. The Balaban J connectivity index is 1.53. The van der Waals surface area contributed by atoms with Gasteiger partial charge in [-0.15, -0.1) is 0 Å². The third-order valence-electron chi connectivity index (χ3n) is 5.61. The third-order valence-corrected chi connectivity index (χ3v) is 6.31. The van der Waals surface area contributed by atoms with Gasteiger partial charge < -0.3 is 15.0 Å². The molecule has 1 fully saturated rings. The molecule has 1 saturated heterocycles. The average molecular weight is 494 g/mol. The molecule has 3 aromatic carbocycles. The minimum Gasteiger partial charge on any atom is -0.497 e. The van der Waals surface area contributed by atoms with E-state index in [4.69, 9.17) is 28.6 Å². The fourth-order valence-electron chi connectivity index (χ4n) is 3.83. The molecule has 0 saturated carbocycles. The lowest BCUT2D eigenvalue weighted by atomic mass is 10.1. The van der Waals surface area contributed by atoms with Gasteiger partial charge in [-0.25, -0.2) is 0 Å². The molecule has 0 spiro atoms. The van der Waals surface area contributed by atoms with E-state index >= 15 is 0 Å². The zero-order valence-corrected chi connectivity index (χ0v) is 20.2. The molecule has 2 amide bonds. The molecule has 0 bridgehead atoms. The van der Waals surface area contributed by atoms with Gasteiger partial charge in [-0.3, -0.25) is 14.5 Å². The fourth-order valence-corrected chi connectivity index (χ4v) is 4.30. The Morgan fingerprint density at radius 2 is 1.62 bits per heavy atom. The number of thiocarbonyl (C=S) groups is 1.